The summed E-state index contributed by atoms with van der Waals surface area (Å²) in [5.74, 6) is 0.651. The Balaban J connectivity index is 2.08. The Labute approximate surface area is 112 Å². The molecule has 0 aromatic heterocycles. The summed E-state index contributed by atoms with van der Waals surface area (Å²) in [4.78, 5) is 0. The Morgan fingerprint density at radius 1 is 1.21 bits per heavy atom. The molecule has 5 nitrogen and oxygen atoms in total. The van der Waals surface area contributed by atoms with E-state index >= 15 is 0 Å². The quantitative estimate of drug-likeness (QED) is 0.694. The molecule has 3 N–H and O–H groups in total. The largest absolute Gasteiger partial charge is 0.491 e. The molecule has 0 heterocycles. The van der Waals surface area contributed by atoms with Crippen molar-refractivity contribution in [2.45, 2.75) is 31.2 Å². The number of hydrogen-bond acceptors (Lipinski definition) is 5. The highest BCUT2D eigenvalue weighted by Crippen LogP contribution is 2.30. The molecule has 1 unspecified atom stereocenters. The molecule has 0 saturated carbocycles. The number of methoxy groups -OCH3 is 1. The normalized spacial score (nSPS) is 23.8. The second-order valence-electron chi connectivity index (χ2n) is 4.86. The van der Waals surface area contributed by atoms with E-state index in [2.05, 4.69) is 0 Å². The maximum atomic E-state index is 9.74. The fourth-order valence-corrected chi connectivity index (χ4v) is 2.30. The van der Waals surface area contributed by atoms with Gasteiger partial charge in [0.15, 0.2) is 0 Å². The van der Waals surface area contributed by atoms with Crippen molar-refractivity contribution in [2.75, 3.05) is 20.3 Å². The number of aliphatic hydroxyl groups excluding tert-OH is 3. The van der Waals surface area contributed by atoms with E-state index in [1.54, 1.807) is 0 Å². The van der Waals surface area contributed by atoms with Crippen molar-refractivity contribution in [2.24, 2.45) is 0 Å². The highest BCUT2D eigenvalue weighted by molar-refractivity contribution is 5.43. The molecule has 1 aromatic carbocycles. The summed E-state index contributed by atoms with van der Waals surface area (Å²) in [7, 11) is 1.52. The predicted octanol–water partition coefficient (Wildman–Crippen LogP) is -0.107. The third-order valence-electron chi connectivity index (χ3n) is 3.31. The van der Waals surface area contributed by atoms with Crippen LogP contribution in [0.4, 0.5) is 0 Å². The zero-order chi connectivity index (χ0) is 13.8. The van der Waals surface area contributed by atoms with Gasteiger partial charge in [0.1, 0.15) is 18.5 Å². The first kappa shape index (κ1) is 14.3. The smallest absolute Gasteiger partial charge is 0.123 e. The standard InChI is InChI=1S/C14H20O5/c1-18-7-10(15)8-19-14-4-2-3-9-5-12(16)13(17)6-11(9)14/h2-4,10,12-13,15-17H,5-8H2,1H3/t10?,12-,13+/m0/s1. The number of benzene rings is 1. The molecule has 1 aromatic rings. The first-order valence-electron chi connectivity index (χ1n) is 6.38. The van der Waals surface area contributed by atoms with Crippen LogP contribution in [-0.2, 0) is 17.6 Å². The summed E-state index contributed by atoms with van der Waals surface area (Å²) < 4.78 is 10.4. The van der Waals surface area contributed by atoms with E-state index in [0.717, 1.165) is 11.1 Å². The van der Waals surface area contributed by atoms with Crippen molar-refractivity contribution < 1.29 is 24.8 Å². The molecule has 2 rings (SSSR count). The van der Waals surface area contributed by atoms with Crippen molar-refractivity contribution in [1.29, 1.82) is 0 Å². The summed E-state index contributed by atoms with van der Waals surface area (Å²) in [6.45, 7) is 0.360. The summed E-state index contributed by atoms with van der Waals surface area (Å²) in [5, 5.41) is 29.0. The van der Waals surface area contributed by atoms with Crippen molar-refractivity contribution in [1.82, 2.24) is 0 Å². The molecule has 0 bridgehead atoms. The molecule has 0 spiro atoms. The van der Waals surface area contributed by atoms with Gasteiger partial charge in [-0.15, -0.1) is 0 Å². The Morgan fingerprint density at radius 2 is 1.95 bits per heavy atom. The van der Waals surface area contributed by atoms with Gasteiger partial charge in [-0.3, -0.25) is 0 Å². The Hall–Kier alpha value is -1.14. The van der Waals surface area contributed by atoms with E-state index in [1.807, 2.05) is 18.2 Å². The summed E-state index contributed by atoms with van der Waals surface area (Å²) >= 11 is 0. The van der Waals surface area contributed by atoms with Crippen LogP contribution in [0.25, 0.3) is 0 Å². The molecular formula is C14H20O5. The lowest BCUT2D eigenvalue weighted by molar-refractivity contribution is 0.0121. The van der Waals surface area contributed by atoms with E-state index < -0.39 is 18.3 Å². The zero-order valence-corrected chi connectivity index (χ0v) is 11.0. The molecule has 0 amide bonds. The van der Waals surface area contributed by atoms with E-state index in [4.69, 9.17) is 9.47 Å². The van der Waals surface area contributed by atoms with Crippen LogP contribution in [0.3, 0.4) is 0 Å². The monoisotopic (exact) mass is 268 g/mol. The SMILES string of the molecule is COCC(O)COc1cccc2c1C[C@@H](O)[C@@H](O)C2. The lowest BCUT2D eigenvalue weighted by Crippen LogP contribution is -2.35. The van der Waals surface area contributed by atoms with Gasteiger partial charge in [0.25, 0.3) is 0 Å². The molecule has 0 aliphatic heterocycles. The minimum atomic E-state index is -0.763. The van der Waals surface area contributed by atoms with E-state index in [0.29, 0.717) is 18.6 Å². The van der Waals surface area contributed by atoms with Gasteiger partial charge in [0.05, 0.1) is 18.8 Å². The van der Waals surface area contributed by atoms with Crippen molar-refractivity contribution >= 4 is 0 Å². The third-order valence-corrected chi connectivity index (χ3v) is 3.31. The Morgan fingerprint density at radius 3 is 2.68 bits per heavy atom. The van der Waals surface area contributed by atoms with Crippen molar-refractivity contribution in [3.05, 3.63) is 29.3 Å². The van der Waals surface area contributed by atoms with Gasteiger partial charge in [-0.1, -0.05) is 12.1 Å². The van der Waals surface area contributed by atoms with Gasteiger partial charge in [-0.05, 0) is 11.6 Å². The predicted molar refractivity (Wildman–Crippen MR) is 69.2 cm³/mol. The summed E-state index contributed by atoms with van der Waals surface area (Å²) in [5.41, 5.74) is 1.89. The number of ether oxygens (including phenoxy) is 2. The highest BCUT2D eigenvalue weighted by Gasteiger charge is 2.27. The first-order chi connectivity index (χ1) is 9.11. The van der Waals surface area contributed by atoms with Crippen LogP contribution in [0.5, 0.6) is 5.75 Å². The molecule has 19 heavy (non-hydrogen) atoms. The lowest BCUT2D eigenvalue weighted by atomic mass is 9.87. The number of fused-ring (bicyclic) bond motifs is 1. The van der Waals surface area contributed by atoms with Crippen LogP contribution in [0.2, 0.25) is 0 Å². The lowest BCUT2D eigenvalue weighted by Gasteiger charge is -2.27. The second kappa shape index (κ2) is 6.34. The molecule has 106 valence electrons. The van der Waals surface area contributed by atoms with Gasteiger partial charge >= 0.3 is 0 Å². The third kappa shape index (κ3) is 3.45. The second-order valence-corrected chi connectivity index (χ2v) is 4.86. The fourth-order valence-electron chi connectivity index (χ4n) is 2.30. The van der Waals surface area contributed by atoms with Crippen LogP contribution >= 0.6 is 0 Å². The van der Waals surface area contributed by atoms with Gasteiger partial charge < -0.3 is 24.8 Å². The van der Waals surface area contributed by atoms with Crippen LogP contribution < -0.4 is 4.74 Å². The minimum absolute atomic E-state index is 0.142. The topological polar surface area (TPSA) is 79.2 Å². The zero-order valence-electron chi connectivity index (χ0n) is 11.0. The van der Waals surface area contributed by atoms with Crippen molar-refractivity contribution in [3.63, 3.8) is 0 Å². The van der Waals surface area contributed by atoms with E-state index in [-0.39, 0.29) is 13.2 Å². The Bertz CT molecular complexity index is 420. The number of rotatable bonds is 5. The molecule has 1 aliphatic carbocycles. The van der Waals surface area contributed by atoms with Crippen LogP contribution in [0.15, 0.2) is 18.2 Å². The Kier molecular flexibility index (Phi) is 4.76. The summed E-state index contributed by atoms with van der Waals surface area (Å²) in [6.07, 6.45) is -1.37. The van der Waals surface area contributed by atoms with Crippen LogP contribution in [0, 0.1) is 0 Å². The molecule has 0 radical (unpaired) electrons. The fraction of sp³-hybridized carbons (Fsp3) is 0.571. The van der Waals surface area contributed by atoms with Gasteiger partial charge in [-0.25, -0.2) is 0 Å². The van der Waals surface area contributed by atoms with Gasteiger partial charge in [-0.2, -0.15) is 0 Å². The average molecular weight is 268 g/mol. The maximum absolute atomic E-state index is 9.74. The van der Waals surface area contributed by atoms with E-state index in [9.17, 15) is 15.3 Å². The summed E-state index contributed by atoms with van der Waals surface area (Å²) in [6, 6.07) is 5.58. The number of aliphatic hydroxyl groups is 3. The van der Waals surface area contributed by atoms with Gasteiger partial charge in [0.2, 0.25) is 0 Å². The van der Waals surface area contributed by atoms with Gasteiger partial charge in [0, 0.05) is 25.5 Å². The first-order valence-corrected chi connectivity index (χ1v) is 6.38. The molecule has 3 atom stereocenters. The maximum Gasteiger partial charge on any atom is 0.123 e. The van der Waals surface area contributed by atoms with Crippen LogP contribution in [-0.4, -0.2) is 54.0 Å². The van der Waals surface area contributed by atoms with Crippen molar-refractivity contribution in [3.8, 4) is 5.75 Å². The van der Waals surface area contributed by atoms with Crippen LogP contribution in [0.1, 0.15) is 11.1 Å². The molecule has 0 fully saturated rings. The molecule has 0 saturated heterocycles. The molecule has 1 aliphatic rings. The minimum Gasteiger partial charge on any atom is -0.491 e. The molecule has 5 heteroatoms. The highest BCUT2D eigenvalue weighted by atomic mass is 16.5. The molecular weight excluding hydrogens is 248 g/mol. The van der Waals surface area contributed by atoms with E-state index in [1.165, 1.54) is 7.11 Å². The average Bonchev–Trinajstić information content (AvgIpc) is 2.38. The number of hydrogen-bond donors (Lipinski definition) is 3.